The number of alkyl halides is 4. The normalized spacial score (nSPS) is 15.3. The van der Waals surface area contributed by atoms with E-state index >= 15 is 0 Å². The van der Waals surface area contributed by atoms with Gasteiger partial charge < -0.3 is 15.2 Å². The molecule has 0 radical (unpaired) electrons. The summed E-state index contributed by atoms with van der Waals surface area (Å²) in [7, 11) is 0. The van der Waals surface area contributed by atoms with Gasteiger partial charge in [0.05, 0.1) is 35.3 Å². The van der Waals surface area contributed by atoms with Gasteiger partial charge in [0.1, 0.15) is 34.4 Å². The molecule has 0 saturated heterocycles. The van der Waals surface area contributed by atoms with Gasteiger partial charge in [-0.2, -0.15) is 13.5 Å². The van der Waals surface area contributed by atoms with E-state index in [1.54, 1.807) is 18.2 Å². The van der Waals surface area contributed by atoms with E-state index < -0.39 is 89.1 Å². The van der Waals surface area contributed by atoms with E-state index in [1.807, 2.05) is 20.8 Å². The van der Waals surface area contributed by atoms with Gasteiger partial charge in [-0.15, -0.1) is 10.2 Å². The third-order valence-corrected chi connectivity index (χ3v) is 8.64. The van der Waals surface area contributed by atoms with Gasteiger partial charge in [0.2, 0.25) is 5.91 Å². The lowest BCUT2D eigenvalue weighted by molar-refractivity contribution is -0.121. The molecule has 1 aliphatic carbocycles. The number of aromatic nitrogens is 4. The highest BCUT2D eigenvalue weighted by atomic mass is 35.5. The SMILES string of the molecule is C[S+]([O-])Nc1nnc2c(-c3ccc(C#CC(C)(C)C)nc3C(Cc3cc(F)cc(F)c3)NC(=O)CNC3=C(C(=N)C(F)F)CCC3(F)F)ccc(Cl)n12. The van der Waals surface area contributed by atoms with E-state index in [1.165, 1.54) is 16.7 Å². The van der Waals surface area contributed by atoms with Crippen molar-refractivity contribution in [3.63, 3.8) is 0 Å². The first-order chi connectivity index (χ1) is 24.8. The lowest BCUT2D eigenvalue weighted by Crippen LogP contribution is -2.40. The number of anilines is 1. The Hall–Kier alpha value is -4.79. The zero-order valence-corrected chi connectivity index (χ0v) is 30.3. The summed E-state index contributed by atoms with van der Waals surface area (Å²) in [6, 6.07) is 7.90. The van der Waals surface area contributed by atoms with Crippen LogP contribution in [0.3, 0.4) is 0 Å². The van der Waals surface area contributed by atoms with Gasteiger partial charge >= 0.3 is 0 Å². The molecule has 53 heavy (non-hydrogen) atoms. The lowest BCUT2D eigenvalue weighted by atomic mass is 9.94. The van der Waals surface area contributed by atoms with Crippen LogP contribution >= 0.6 is 11.6 Å². The van der Waals surface area contributed by atoms with Crippen LogP contribution in [-0.2, 0) is 22.6 Å². The van der Waals surface area contributed by atoms with Crippen molar-refractivity contribution in [1.82, 2.24) is 30.2 Å². The van der Waals surface area contributed by atoms with Crippen LogP contribution in [0.5, 0.6) is 0 Å². The molecule has 0 fully saturated rings. The third-order valence-electron chi connectivity index (χ3n) is 7.87. The monoisotopic (exact) mass is 778 g/mol. The summed E-state index contributed by atoms with van der Waals surface area (Å²) in [5, 5.41) is 21.0. The smallest absolute Gasteiger partial charge is 0.287 e. The molecule has 3 heterocycles. The third kappa shape index (κ3) is 9.42. The Bertz CT molecular complexity index is 2140. The summed E-state index contributed by atoms with van der Waals surface area (Å²) in [5.74, 6) is -0.193. The maximum absolute atomic E-state index is 14.8. The molecule has 0 spiro atoms. The van der Waals surface area contributed by atoms with E-state index in [4.69, 9.17) is 22.0 Å². The van der Waals surface area contributed by atoms with Crippen molar-refractivity contribution in [1.29, 1.82) is 5.41 Å². The number of halogens is 7. The van der Waals surface area contributed by atoms with Crippen LogP contribution in [0.25, 0.3) is 16.8 Å². The second-order valence-corrected chi connectivity index (χ2v) is 14.7. The number of carbonyl (C=O) groups is 1. The average molecular weight is 779 g/mol. The number of hydrogen-bond acceptors (Lipinski definition) is 8. The lowest BCUT2D eigenvalue weighted by Gasteiger charge is -2.23. The summed E-state index contributed by atoms with van der Waals surface area (Å²) >= 11 is 4.93. The number of nitrogens with zero attached hydrogens (tertiary/aromatic N) is 4. The van der Waals surface area contributed by atoms with Gasteiger partial charge in [-0.1, -0.05) is 17.5 Å². The summed E-state index contributed by atoms with van der Waals surface area (Å²) in [6.45, 7) is 4.81. The predicted molar refractivity (Wildman–Crippen MR) is 189 cm³/mol. The number of allylic oxidation sites excluding steroid dienone is 2. The van der Waals surface area contributed by atoms with Crippen molar-refractivity contribution >= 4 is 46.2 Å². The van der Waals surface area contributed by atoms with Crippen LogP contribution in [0, 0.1) is 34.3 Å². The number of rotatable bonds is 12. The van der Waals surface area contributed by atoms with Crippen molar-refractivity contribution in [2.45, 2.75) is 58.4 Å². The van der Waals surface area contributed by atoms with Crippen LogP contribution < -0.4 is 15.4 Å². The second-order valence-electron chi connectivity index (χ2n) is 13.2. The zero-order chi connectivity index (χ0) is 38.8. The predicted octanol–water partition coefficient (Wildman–Crippen LogP) is 6.78. The molecule has 4 N–H and O–H groups in total. The molecule has 10 nitrogen and oxygen atoms in total. The molecule has 1 aromatic carbocycles. The minimum atomic E-state index is -3.60. The van der Waals surface area contributed by atoms with Crippen LogP contribution in [0.1, 0.15) is 56.6 Å². The number of amides is 1. The van der Waals surface area contributed by atoms with Gasteiger partial charge in [-0.05, 0) is 81.5 Å². The molecule has 2 unspecified atom stereocenters. The fraction of sp³-hybridized carbons (Fsp3) is 0.343. The minimum absolute atomic E-state index is 0.0540. The molecule has 0 aliphatic heterocycles. The highest BCUT2D eigenvalue weighted by molar-refractivity contribution is 7.91. The molecular formula is C35H33ClF6N8O2S. The molecule has 18 heteroatoms. The molecule has 0 bridgehead atoms. The van der Waals surface area contributed by atoms with Gasteiger partial charge in [0.25, 0.3) is 18.3 Å². The Morgan fingerprint density at radius 3 is 2.43 bits per heavy atom. The maximum Gasteiger partial charge on any atom is 0.287 e. The van der Waals surface area contributed by atoms with Crippen LogP contribution in [-0.4, -0.2) is 60.9 Å². The van der Waals surface area contributed by atoms with Gasteiger partial charge in [-0.3, -0.25) is 10.2 Å². The minimum Gasteiger partial charge on any atom is -0.593 e. The molecule has 5 rings (SSSR count). The van der Waals surface area contributed by atoms with Gasteiger partial charge in [0.15, 0.2) is 5.65 Å². The molecule has 4 aromatic rings. The Labute approximate surface area is 308 Å². The Balaban J connectivity index is 1.63. The van der Waals surface area contributed by atoms with Crippen molar-refractivity contribution in [2.24, 2.45) is 5.41 Å². The van der Waals surface area contributed by atoms with E-state index in [9.17, 15) is 35.7 Å². The van der Waals surface area contributed by atoms with Gasteiger partial charge in [-0.25, -0.2) is 26.9 Å². The fourth-order valence-corrected chi connectivity index (χ4v) is 6.25. The quantitative estimate of drug-likeness (QED) is 0.0408. The van der Waals surface area contributed by atoms with E-state index in [-0.39, 0.29) is 40.1 Å². The van der Waals surface area contributed by atoms with Crippen molar-refractivity contribution in [2.75, 3.05) is 17.5 Å². The molecular weight excluding hydrogens is 746 g/mol. The van der Waals surface area contributed by atoms with E-state index in [0.717, 1.165) is 12.1 Å². The van der Waals surface area contributed by atoms with Crippen LogP contribution in [0.15, 0.2) is 53.7 Å². The van der Waals surface area contributed by atoms with Crippen molar-refractivity contribution in [3.05, 3.63) is 87.5 Å². The number of nitrogens with one attached hydrogen (secondary N) is 4. The number of carbonyl (C=O) groups excluding carboxylic acids is 1. The first kappa shape index (κ1) is 39.4. The number of benzene rings is 1. The Morgan fingerprint density at radius 1 is 1.11 bits per heavy atom. The zero-order valence-electron chi connectivity index (χ0n) is 28.7. The molecule has 2 atom stereocenters. The Morgan fingerprint density at radius 2 is 1.79 bits per heavy atom. The van der Waals surface area contributed by atoms with E-state index in [2.05, 4.69) is 37.4 Å². The molecule has 1 amide bonds. The number of pyridine rings is 2. The standard InChI is InChI=1S/C35H33ClF6N8O2S/c1-34(2,3)11-9-21-5-6-22(23-7-8-26(36)50-32(23)47-48-33(50)49-53(4)52)29(45-21)25(15-18-13-19(37)16-20(38)14-18)46-27(51)17-44-30-24(28(43)31(39)40)10-12-35(30,41)42/h5-8,13-14,16,25,31,43-44H,10,12,15,17H2,1-4H3,(H,46,51)(H,48,49). The Kier molecular flexibility index (Phi) is 11.7. The summed E-state index contributed by atoms with van der Waals surface area (Å²) in [5.41, 5.74) is -1.91. The van der Waals surface area contributed by atoms with E-state index in [0.29, 0.717) is 17.2 Å². The summed E-state index contributed by atoms with van der Waals surface area (Å²) < 4.78 is 101. The molecule has 0 saturated carbocycles. The first-order valence-corrected chi connectivity index (χ1v) is 17.9. The highest BCUT2D eigenvalue weighted by Crippen LogP contribution is 2.40. The number of fused-ring (bicyclic) bond motifs is 1. The largest absolute Gasteiger partial charge is 0.593 e. The van der Waals surface area contributed by atoms with Crippen molar-refractivity contribution in [3.8, 4) is 23.0 Å². The summed E-state index contributed by atoms with van der Waals surface area (Å²) in [4.78, 5) is 18.3. The topological polar surface area (TPSA) is 143 Å². The molecule has 3 aromatic heterocycles. The second kappa shape index (κ2) is 15.7. The average Bonchev–Trinajstić information content (AvgIpc) is 3.61. The first-order valence-electron chi connectivity index (χ1n) is 16.0. The van der Waals surface area contributed by atoms with Gasteiger partial charge in [0, 0.05) is 34.6 Å². The molecule has 1 aliphatic rings. The summed E-state index contributed by atoms with van der Waals surface area (Å²) in [6.07, 6.45) is -3.51. The fourth-order valence-electron chi connectivity index (χ4n) is 5.64. The van der Waals surface area contributed by atoms with Crippen LogP contribution in [0.2, 0.25) is 5.15 Å². The molecule has 280 valence electrons. The maximum atomic E-state index is 14.8. The van der Waals surface area contributed by atoms with Crippen LogP contribution in [0.4, 0.5) is 32.3 Å². The van der Waals surface area contributed by atoms with Crippen molar-refractivity contribution < 1.29 is 35.7 Å². The number of hydrogen-bond donors (Lipinski definition) is 4. The highest BCUT2D eigenvalue weighted by Gasteiger charge is 2.44.